The van der Waals surface area contributed by atoms with Crippen LogP contribution in [-0.4, -0.2) is 29.4 Å². The second-order valence-corrected chi connectivity index (χ2v) is 9.81. The lowest BCUT2D eigenvalue weighted by Crippen LogP contribution is -2.32. The quantitative estimate of drug-likeness (QED) is 0.633. The standard InChI is InChI=1S/C19H24ClN3O4S/c1-12-4-5-15(14(20)10-12)21-17-13(2)18(25)23(3)11-16(17)22-28(26,27)19(6-7-19)8-9-24/h4-5,10-11,21-22,24H,6-9H2,1-3H3. The summed E-state index contributed by atoms with van der Waals surface area (Å²) in [5.41, 5.74) is 2.30. The summed E-state index contributed by atoms with van der Waals surface area (Å²) >= 11 is 6.30. The number of benzene rings is 1. The monoisotopic (exact) mass is 425 g/mol. The molecule has 0 bridgehead atoms. The van der Waals surface area contributed by atoms with Crippen molar-refractivity contribution in [1.29, 1.82) is 0 Å². The van der Waals surface area contributed by atoms with E-state index in [2.05, 4.69) is 10.0 Å². The number of aromatic nitrogens is 1. The van der Waals surface area contributed by atoms with Crippen LogP contribution in [0.3, 0.4) is 0 Å². The van der Waals surface area contributed by atoms with Crippen molar-refractivity contribution in [2.75, 3.05) is 16.6 Å². The summed E-state index contributed by atoms with van der Waals surface area (Å²) < 4.78 is 28.9. The van der Waals surface area contributed by atoms with Gasteiger partial charge in [-0.2, -0.15) is 0 Å². The Morgan fingerprint density at radius 2 is 1.93 bits per heavy atom. The number of aryl methyl sites for hydroxylation is 2. The first-order valence-corrected chi connectivity index (χ1v) is 10.8. The molecule has 1 fully saturated rings. The van der Waals surface area contributed by atoms with Crippen LogP contribution in [0.25, 0.3) is 0 Å². The molecule has 1 aliphatic rings. The van der Waals surface area contributed by atoms with E-state index in [4.69, 9.17) is 11.6 Å². The third-order valence-electron chi connectivity index (χ3n) is 5.18. The van der Waals surface area contributed by atoms with Gasteiger partial charge in [0.25, 0.3) is 5.56 Å². The number of sulfonamides is 1. The molecule has 1 heterocycles. The third kappa shape index (κ3) is 3.76. The topological polar surface area (TPSA) is 100 Å². The van der Waals surface area contributed by atoms with Crippen LogP contribution >= 0.6 is 11.6 Å². The van der Waals surface area contributed by atoms with Crippen LogP contribution in [0.15, 0.2) is 29.2 Å². The summed E-state index contributed by atoms with van der Waals surface area (Å²) in [7, 11) is -2.17. The Hall–Kier alpha value is -2.03. The second-order valence-electron chi connectivity index (χ2n) is 7.33. The lowest BCUT2D eigenvalue weighted by Gasteiger charge is -2.21. The van der Waals surface area contributed by atoms with Crippen LogP contribution in [0.1, 0.15) is 30.4 Å². The molecule has 1 aromatic carbocycles. The fraction of sp³-hybridized carbons (Fsp3) is 0.421. The molecule has 7 nitrogen and oxygen atoms in total. The molecule has 1 aromatic heterocycles. The van der Waals surface area contributed by atoms with Crippen molar-refractivity contribution >= 4 is 38.7 Å². The average Bonchev–Trinajstić information content (AvgIpc) is 3.40. The number of hydrogen-bond donors (Lipinski definition) is 3. The molecular weight excluding hydrogens is 402 g/mol. The van der Waals surface area contributed by atoms with Crippen molar-refractivity contribution in [2.45, 2.75) is 37.9 Å². The molecule has 1 saturated carbocycles. The Morgan fingerprint density at radius 3 is 2.50 bits per heavy atom. The summed E-state index contributed by atoms with van der Waals surface area (Å²) in [6, 6.07) is 5.43. The van der Waals surface area contributed by atoms with Gasteiger partial charge in [0.2, 0.25) is 10.0 Å². The molecular formula is C19H24ClN3O4S. The highest BCUT2D eigenvalue weighted by Crippen LogP contribution is 2.47. The first-order valence-electron chi connectivity index (χ1n) is 8.97. The van der Waals surface area contributed by atoms with Crippen LogP contribution in [-0.2, 0) is 17.1 Å². The van der Waals surface area contributed by atoms with Gasteiger partial charge in [-0.15, -0.1) is 0 Å². The summed E-state index contributed by atoms with van der Waals surface area (Å²) in [4.78, 5) is 12.4. The highest BCUT2D eigenvalue weighted by atomic mass is 35.5. The molecule has 3 N–H and O–H groups in total. The van der Waals surface area contributed by atoms with Gasteiger partial charge in [0.05, 0.1) is 26.8 Å². The number of rotatable bonds is 7. The maximum absolute atomic E-state index is 12.9. The minimum absolute atomic E-state index is 0.180. The number of nitrogens with zero attached hydrogens (tertiary/aromatic N) is 1. The molecule has 0 unspecified atom stereocenters. The van der Waals surface area contributed by atoms with Gasteiger partial charge >= 0.3 is 0 Å². The molecule has 28 heavy (non-hydrogen) atoms. The number of aliphatic hydroxyl groups excluding tert-OH is 1. The first-order chi connectivity index (χ1) is 13.1. The number of pyridine rings is 1. The molecule has 0 atom stereocenters. The van der Waals surface area contributed by atoms with E-state index >= 15 is 0 Å². The lowest BCUT2D eigenvalue weighted by atomic mass is 10.2. The largest absolute Gasteiger partial charge is 0.396 e. The molecule has 0 saturated heterocycles. The maximum Gasteiger partial charge on any atom is 0.255 e. The van der Waals surface area contributed by atoms with Crippen LogP contribution in [0.2, 0.25) is 5.02 Å². The SMILES string of the molecule is Cc1ccc(Nc2c(NS(=O)(=O)C3(CCO)CC3)cn(C)c(=O)c2C)c(Cl)c1. The van der Waals surface area contributed by atoms with Crippen LogP contribution in [0.4, 0.5) is 17.1 Å². The van der Waals surface area contributed by atoms with Crippen molar-refractivity contribution in [3.05, 3.63) is 50.9 Å². The van der Waals surface area contributed by atoms with Crippen LogP contribution < -0.4 is 15.6 Å². The molecule has 0 spiro atoms. The van der Waals surface area contributed by atoms with E-state index in [0.29, 0.717) is 34.8 Å². The van der Waals surface area contributed by atoms with Gasteiger partial charge in [0.15, 0.2) is 0 Å². The van der Waals surface area contributed by atoms with Crippen molar-refractivity contribution in [3.8, 4) is 0 Å². The van der Waals surface area contributed by atoms with Gasteiger partial charge in [0.1, 0.15) is 0 Å². The van der Waals surface area contributed by atoms with E-state index in [-0.39, 0.29) is 24.3 Å². The van der Waals surface area contributed by atoms with Crippen molar-refractivity contribution in [2.24, 2.45) is 7.05 Å². The molecule has 9 heteroatoms. The van der Waals surface area contributed by atoms with Crippen molar-refractivity contribution < 1.29 is 13.5 Å². The number of halogens is 1. The van der Waals surface area contributed by atoms with Crippen molar-refractivity contribution in [1.82, 2.24) is 4.57 Å². The van der Waals surface area contributed by atoms with E-state index in [9.17, 15) is 18.3 Å². The Kier molecular flexibility index (Phi) is 5.49. The van der Waals surface area contributed by atoms with Gasteiger partial charge in [0, 0.05) is 25.4 Å². The van der Waals surface area contributed by atoms with E-state index in [1.807, 2.05) is 13.0 Å². The molecule has 1 aliphatic carbocycles. The molecule has 2 aromatic rings. The van der Waals surface area contributed by atoms with Crippen molar-refractivity contribution in [3.63, 3.8) is 0 Å². The minimum atomic E-state index is -3.74. The van der Waals surface area contributed by atoms with Gasteiger partial charge in [-0.25, -0.2) is 8.42 Å². The zero-order valence-corrected chi connectivity index (χ0v) is 17.6. The zero-order valence-electron chi connectivity index (χ0n) is 16.0. The molecule has 3 rings (SSSR count). The van der Waals surface area contributed by atoms with E-state index in [1.165, 1.54) is 10.8 Å². The predicted octanol–water partition coefficient (Wildman–Crippen LogP) is 3.06. The van der Waals surface area contributed by atoms with E-state index in [0.717, 1.165) is 5.56 Å². The molecule has 152 valence electrons. The molecule has 0 aliphatic heterocycles. The lowest BCUT2D eigenvalue weighted by molar-refractivity contribution is 0.283. The smallest absolute Gasteiger partial charge is 0.255 e. The Labute approximate surface area is 169 Å². The van der Waals surface area contributed by atoms with Gasteiger partial charge < -0.3 is 15.0 Å². The molecule has 0 amide bonds. The highest BCUT2D eigenvalue weighted by Gasteiger charge is 2.54. The fourth-order valence-electron chi connectivity index (χ4n) is 3.23. The summed E-state index contributed by atoms with van der Waals surface area (Å²) in [5, 5.41) is 12.8. The third-order valence-corrected chi connectivity index (χ3v) is 7.74. The first kappa shape index (κ1) is 20.7. The van der Waals surface area contributed by atoms with Gasteiger partial charge in [-0.3, -0.25) is 9.52 Å². The normalized spacial score (nSPS) is 15.3. The number of aliphatic hydroxyl groups is 1. The van der Waals surface area contributed by atoms with Gasteiger partial charge in [-0.1, -0.05) is 17.7 Å². The minimum Gasteiger partial charge on any atom is -0.396 e. The van der Waals surface area contributed by atoms with Crippen LogP contribution in [0.5, 0.6) is 0 Å². The maximum atomic E-state index is 12.9. The summed E-state index contributed by atoms with van der Waals surface area (Å²) in [5.74, 6) is 0. The Balaban J connectivity index is 2.05. The van der Waals surface area contributed by atoms with Gasteiger partial charge in [-0.05, 0) is 50.8 Å². The zero-order chi connectivity index (χ0) is 20.7. The molecule has 0 radical (unpaired) electrons. The van der Waals surface area contributed by atoms with Crippen LogP contribution in [0, 0.1) is 13.8 Å². The predicted molar refractivity (Wildman–Crippen MR) is 112 cm³/mol. The number of hydrogen-bond acceptors (Lipinski definition) is 5. The highest BCUT2D eigenvalue weighted by molar-refractivity contribution is 7.94. The number of anilines is 3. The second kappa shape index (κ2) is 7.42. The fourth-order valence-corrected chi connectivity index (χ4v) is 5.18. The number of nitrogens with one attached hydrogen (secondary N) is 2. The Bertz CT molecular complexity index is 1080. The van der Waals surface area contributed by atoms with E-state index in [1.54, 1.807) is 26.1 Å². The average molecular weight is 426 g/mol. The van der Waals surface area contributed by atoms with E-state index < -0.39 is 14.8 Å². The Morgan fingerprint density at radius 1 is 1.25 bits per heavy atom. The summed E-state index contributed by atoms with van der Waals surface area (Å²) in [6.45, 7) is 3.34. The summed E-state index contributed by atoms with van der Waals surface area (Å²) in [6.07, 6.45) is 2.63.